The Morgan fingerprint density at radius 3 is 2.68 bits per heavy atom. The number of anilines is 3. The molecule has 8 nitrogen and oxygen atoms in total. The summed E-state index contributed by atoms with van der Waals surface area (Å²) in [5, 5.41) is 5.92. The third-order valence-corrected chi connectivity index (χ3v) is 4.03. The first-order chi connectivity index (χ1) is 13.5. The fourth-order valence-electron chi connectivity index (χ4n) is 2.35. The second kappa shape index (κ2) is 8.57. The Kier molecular flexibility index (Phi) is 5.95. The molecule has 28 heavy (non-hydrogen) atoms. The number of ether oxygens (including phenoxy) is 1. The summed E-state index contributed by atoms with van der Waals surface area (Å²) in [5.74, 6) is -0.378. The second-order valence-electron chi connectivity index (χ2n) is 5.73. The van der Waals surface area contributed by atoms with Crippen LogP contribution in [-0.4, -0.2) is 39.1 Å². The van der Waals surface area contributed by atoms with Gasteiger partial charge in [0.05, 0.1) is 12.1 Å². The average molecular weight is 403 g/mol. The standard InChI is InChI=1S/C18H16ClFN6O2/c1-10(17(27)28-2)24-16-13(11-6-21-9-22-7-11)8-23-18(26-16)25-12-3-4-15(20)14(19)5-12/h3-10H,1-2H3,(H2,23,24,25,26). The highest BCUT2D eigenvalue weighted by molar-refractivity contribution is 6.31. The van der Waals surface area contributed by atoms with Gasteiger partial charge in [0.2, 0.25) is 5.95 Å². The highest BCUT2D eigenvalue weighted by atomic mass is 35.5. The third-order valence-electron chi connectivity index (χ3n) is 3.74. The predicted octanol–water partition coefficient (Wildman–Crippen LogP) is 3.44. The van der Waals surface area contributed by atoms with E-state index in [0.717, 1.165) is 0 Å². The van der Waals surface area contributed by atoms with Gasteiger partial charge in [-0.15, -0.1) is 0 Å². The number of hydrogen-bond acceptors (Lipinski definition) is 8. The van der Waals surface area contributed by atoms with Crippen LogP contribution in [0.15, 0.2) is 43.1 Å². The average Bonchev–Trinajstić information content (AvgIpc) is 2.71. The summed E-state index contributed by atoms with van der Waals surface area (Å²) < 4.78 is 18.1. The number of methoxy groups -OCH3 is 1. The van der Waals surface area contributed by atoms with Crippen LogP contribution in [0.25, 0.3) is 11.1 Å². The number of aromatic nitrogens is 4. The van der Waals surface area contributed by atoms with Crippen LogP contribution in [0, 0.1) is 5.82 Å². The number of carbonyl (C=O) groups excluding carboxylic acids is 1. The summed E-state index contributed by atoms with van der Waals surface area (Å²) in [7, 11) is 1.30. The Morgan fingerprint density at radius 1 is 1.25 bits per heavy atom. The molecule has 2 N–H and O–H groups in total. The Bertz CT molecular complexity index is 989. The van der Waals surface area contributed by atoms with Crippen LogP contribution in [0.2, 0.25) is 5.02 Å². The molecule has 0 radical (unpaired) electrons. The largest absolute Gasteiger partial charge is 0.467 e. The molecule has 3 rings (SSSR count). The molecule has 0 aliphatic carbocycles. The van der Waals surface area contributed by atoms with Crippen molar-refractivity contribution in [2.45, 2.75) is 13.0 Å². The maximum Gasteiger partial charge on any atom is 0.328 e. The lowest BCUT2D eigenvalue weighted by Crippen LogP contribution is -2.28. The van der Waals surface area contributed by atoms with Gasteiger partial charge < -0.3 is 15.4 Å². The summed E-state index contributed by atoms with van der Waals surface area (Å²) in [6.07, 6.45) is 6.17. The molecule has 1 aromatic carbocycles. The van der Waals surface area contributed by atoms with Crippen LogP contribution >= 0.6 is 11.6 Å². The number of hydrogen-bond donors (Lipinski definition) is 2. The molecule has 2 aromatic heterocycles. The molecule has 0 bridgehead atoms. The summed E-state index contributed by atoms with van der Waals surface area (Å²) in [6.45, 7) is 1.64. The smallest absolute Gasteiger partial charge is 0.328 e. The van der Waals surface area contributed by atoms with Gasteiger partial charge in [0.15, 0.2) is 0 Å². The van der Waals surface area contributed by atoms with E-state index in [1.165, 1.54) is 31.6 Å². The summed E-state index contributed by atoms with van der Waals surface area (Å²) in [4.78, 5) is 28.5. The Hall–Kier alpha value is -3.33. The van der Waals surface area contributed by atoms with Gasteiger partial charge in [-0.1, -0.05) is 11.6 Å². The van der Waals surface area contributed by atoms with Crippen LogP contribution in [0.3, 0.4) is 0 Å². The van der Waals surface area contributed by atoms with Crippen molar-refractivity contribution in [1.29, 1.82) is 0 Å². The van der Waals surface area contributed by atoms with Crippen molar-refractivity contribution in [3.8, 4) is 11.1 Å². The van der Waals surface area contributed by atoms with E-state index in [9.17, 15) is 9.18 Å². The quantitative estimate of drug-likeness (QED) is 0.604. The van der Waals surface area contributed by atoms with E-state index in [0.29, 0.717) is 22.6 Å². The van der Waals surface area contributed by atoms with E-state index >= 15 is 0 Å². The van der Waals surface area contributed by atoms with Crippen LogP contribution in [0.5, 0.6) is 0 Å². The minimum atomic E-state index is -0.656. The fourth-order valence-corrected chi connectivity index (χ4v) is 2.53. The minimum Gasteiger partial charge on any atom is -0.467 e. The van der Waals surface area contributed by atoms with E-state index in [1.54, 1.807) is 25.5 Å². The molecule has 0 aliphatic rings. The Labute approximate surface area is 165 Å². The molecular weight excluding hydrogens is 387 g/mol. The molecule has 0 spiro atoms. The molecule has 3 aromatic rings. The van der Waals surface area contributed by atoms with E-state index in [2.05, 4.69) is 30.6 Å². The first-order valence-corrected chi connectivity index (χ1v) is 8.54. The highest BCUT2D eigenvalue weighted by Gasteiger charge is 2.18. The lowest BCUT2D eigenvalue weighted by atomic mass is 10.1. The molecule has 1 atom stereocenters. The summed E-state index contributed by atoms with van der Waals surface area (Å²) in [6, 6.07) is 3.51. The minimum absolute atomic E-state index is 0.0271. The molecule has 0 saturated carbocycles. The normalized spacial score (nSPS) is 11.6. The zero-order chi connectivity index (χ0) is 20.1. The molecule has 144 valence electrons. The van der Waals surface area contributed by atoms with Gasteiger partial charge in [-0.3, -0.25) is 0 Å². The first kappa shape index (κ1) is 19.4. The number of esters is 1. The van der Waals surface area contributed by atoms with E-state index < -0.39 is 17.8 Å². The van der Waals surface area contributed by atoms with Crippen molar-refractivity contribution in [2.24, 2.45) is 0 Å². The first-order valence-electron chi connectivity index (χ1n) is 8.17. The fraction of sp³-hybridized carbons (Fsp3) is 0.167. The number of halogens is 2. The maximum atomic E-state index is 13.3. The van der Waals surface area contributed by atoms with E-state index in [4.69, 9.17) is 16.3 Å². The molecule has 0 aliphatic heterocycles. The molecule has 2 heterocycles. The number of carbonyl (C=O) groups is 1. The van der Waals surface area contributed by atoms with Crippen molar-refractivity contribution in [2.75, 3.05) is 17.7 Å². The zero-order valence-corrected chi connectivity index (χ0v) is 15.7. The van der Waals surface area contributed by atoms with Crippen molar-refractivity contribution in [3.05, 3.63) is 54.0 Å². The van der Waals surface area contributed by atoms with Crippen molar-refractivity contribution in [1.82, 2.24) is 19.9 Å². The van der Waals surface area contributed by atoms with Crippen LogP contribution < -0.4 is 10.6 Å². The van der Waals surface area contributed by atoms with E-state index in [1.807, 2.05) is 0 Å². The van der Waals surface area contributed by atoms with Crippen LogP contribution in [-0.2, 0) is 9.53 Å². The van der Waals surface area contributed by atoms with Crippen LogP contribution in [0.4, 0.5) is 21.8 Å². The van der Waals surface area contributed by atoms with Gasteiger partial charge in [-0.2, -0.15) is 4.98 Å². The monoisotopic (exact) mass is 402 g/mol. The Morgan fingerprint density at radius 2 is 2.00 bits per heavy atom. The van der Waals surface area contributed by atoms with Gasteiger partial charge in [-0.25, -0.2) is 24.1 Å². The molecule has 0 saturated heterocycles. The van der Waals surface area contributed by atoms with Crippen LogP contribution in [0.1, 0.15) is 6.92 Å². The molecular formula is C18H16ClFN6O2. The van der Waals surface area contributed by atoms with Gasteiger partial charge in [0, 0.05) is 35.4 Å². The predicted molar refractivity (Wildman–Crippen MR) is 103 cm³/mol. The van der Waals surface area contributed by atoms with Crippen molar-refractivity contribution >= 4 is 35.0 Å². The lowest BCUT2D eigenvalue weighted by Gasteiger charge is -2.16. The van der Waals surface area contributed by atoms with E-state index in [-0.39, 0.29) is 11.0 Å². The van der Waals surface area contributed by atoms with Gasteiger partial charge in [-0.05, 0) is 25.1 Å². The molecule has 0 amide bonds. The third kappa shape index (κ3) is 4.49. The SMILES string of the molecule is COC(=O)C(C)Nc1nc(Nc2ccc(F)c(Cl)c2)ncc1-c1cncnc1. The van der Waals surface area contributed by atoms with Gasteiger partial charge >= 0.3 is 5.97 Å². The summed E-state index contributed by atoms with van der Waals surface area (Å²) >= 11 is 5.80. The molecule has 10 heteroatoms. The van der Waals surface area contributed by atoms with Gasteiger partial charge in [0.1, 0.15) is 24.0 Å². The number of nitrogens with zero attached hydrogens (tertiary/aromatic N) is 4. The lowest BCUT2D eigenvalue weighted by molar-refractivity contribution is -0.141. The second-order valence-corrected chi connectivity index (χ2v) is 6.13. The number of nitrogens with one attached hydrogen (secondary N) is 2. The highest BCUT2D eigenvalue weighted by Crippen LogP contribution is 2.28. The topological polar surface area (TPSA) is 102 Å². The maximum absolute atomic E-state index is 13.3. The molecule has 0 fully saturated rings. The molecule has 1 unspecified atom stereocenters. The Balaban J connectivity index is 1.95. The van der Waals surface area contributed by atoms with Crippen molar-refractivity contribution in [3.63, 3.8) is 0 Å². The number of rotatable bonds is 6. The van der Waals surface area contributed by atoms with Gasteiger partial charge in [0.25, 0.3) is 0 Å². The van der Waals surface area contributed by atoms with Crippen molar-refractivity contribution < 1.29 is 13.9 Å². The zero-order valence-electron chi connectivity index (χ0n) is 15.0. The summed E-state index contributed by atoms with van der Waals surface area (Å²) in [5.41, 5.74) is 1.77. The number of benzene rings is 1.